The second-order valence-electron chi connectivity index (χ2n) is 5.36. The van der Waals surface area contributed by atoms with E-state index in [1.165, 1.54) is 17.3 Å². The Balaban J connectivity index is 1.84. The molecule has 3 aromatic heterocycles. The molecule has 0 N–H and O–H groups in total. The highest BCUT2D eigenvalue weighted by Crippen LogP contribution is 2.19. The van der Waals surface area contributed by atoms with E-state index in [-0.39, 0.29) is 0 Å². The summed E-state index contributed by atoms with van der Waals surface area (Å²) in [5.41, 5.74) is 2.87. The molecule has 0 aliphatic heterocycles. The van der Waals surface area contributed by atoms with E-state index in [0.29, 0.717) is 11.3 Å². The summed E-state index contributed by atoms with van der Waals surface area (Å²) in [5.74, 6) is 0. The van der Waals surface area contributed by atoms with E-state index in [0.717, 1.165) is 28.9 Å². The molecule has 0 fully saturated rings. The monoisotopic (exact) mass is 322 g/mol. The number of hydrogen-bond donors (Lipinski definition) is 0. The molecule has 0 saturated carbocycles. The standard InChI is InChI=1S/C16H14N6O2/c1-3-13-10(2)19-22(20-13)12-5-4-11-6-14(21-9-17-8-18-21)16(23)24-15(11)7-12/h4-9H,3H2,1-2H3. The molecular weight excluding hydrogens is 308 g/mol. The van der Waals surface area contributed by atoms with Gasteiger partial charge in [-0.1, -0.05) is 6.92 Å². The van der Waals surface area contributed by atoms with E-state index in [1.54, 1.807) is 16.9 Å². The van der Waals surface area contributed by atoms with Crippen molar-refractivity contribution < 1.29 is 4.42 Å². The summed E-state index contributed by atoms with van der Waals surface area (Å²) < 4.78 is 6.81. The number of aromatic nitrogens is 6. The number of fused-ring (bicyclic) bond motifs is 1. The van der Waals surface area contributed by atoms with E-state index >= 15 is 0 Å². The summed E-state index contributed by atoms with van der Waals surface area (Å²) in [5, 5.41) is 13.6. The lowest BCUT2D eigenvalue weighted by Crippen LogP contribution is -2.10. The molecule has 0 unspecified atom stereocenters. The average molecular weight is 322 g/mol. The number of benzene rings is 1. The predicted molar refractivity (Wildman–Crippen MR) is 86.4 cm³/mol. The van der Waals surface area contributed by atoms with Crippen molar-refractivity contribution in [3.63, 3.8) is 0 Å². The zero-order valence-corrected chi connectivity index (χ0v) is 13.2. The Labute approximate surface area is 136 Å². The fraction of sp³-hybridized carbons (Fsp3) is 0.188. The Morgan fingerprint density at radius 2 is 2.08 bits per heavy atom. The molecular formula is C16H14N6O2. The SMILES string of the molecule is CCc1nn(-c2ccc3cc(-n4cncn4)c(=O)oc3c2)nc1C. The molecule has 4 rings (SSSR count). The second-order valence-corrected chi connectivity index (χ2v) is 5.36. The molecule has 0 saturated heterocycles. The van der Waals surface area contributed by atoms with Gasteiger partial charge in [-0.3, -0.25) is 0 Å². The van der Waals surface area contributed by atoms with Gasteiger partial charge in [0.15, 0.2) is 5.69 Å². The maximum Gasteiger partial charge on any atom is 0.362 e. The number of nitrogens with zero attached hydrogens (tertiary/aromatic N) is 6. The van der Waals surface area contributed by atoms with E-state index in [4.69, 9.17) is 4.42 Å². The smallest absolute Gasteiger partial charge is 0.362 e. The van der Waals surface area contributed by atoms with Gasteiger partial charge in [0.25, 0.3) is 0 Å². The van der Waals surface area contributed by atoms with Gasteiger partial charge in [-0.15, -0.1) is 0 Å². The van der Waals surface area contributed by atoms with Crippen molar-refractivity contribution in [2.75, 3.05) is 0 Å². The minimum atomic E-state index is -0.482. The largest absolute Gasteiger partial charge is 0.421 e. The van der Waals surface area contributed by atoms with Gasteiger partial charge < -0.3 is 4.42 Å². The maximum absolute atomic E-state index is 12.2. The highest BCUT2D eigenvalue weighted by atomic mass is 16.4. The highest BCUT2D eigenvalue weighted by Gasteiger charge is 2.11. The van der Waals surface area contributed by atoms with Crippen molar-refractivity contribution in [3.8, 4) is 11.4 Å². The summed E-state index contributed by atoms with van der Waals surface area (Å²) in [6.45, 7) is 3.96. The lowest BCUT2D eigenvalue weighted by molar-refractivity contribution is 0.551. The van der Waals surface area contributed by atoms with Crippen molar-refractivity contribution >= 4 is 11.0 Å². The van der Waals surface area contributed by atoms with Gasteiger partial charge in [-0.2, -0.15) is 20.1 Å². The van der Waals surface area contributed by atoms with Crippen molar-refractivity contribution in [2.24, 2.45) is 0 Å². The Bertz CT molecular complexity index is 1080. The van der Waals surface area contributed by atoms with Crippen LogP contribution in [0.25, 0.3) is 22.3 Å². The van der Waals surface area contributed by atoms with Crippen molar-refractivity contribution in [3.05, 3.63) is 58.7 Å². The van der Waals surface area contributed by atoms with Crippen LogP contribution in [0.2, 0.25) is 0 Å². The Hall–Kier alpha value is -3.29. The Kier molecular flexibility index (Phi) is 3.23. The molecule has 0 aliphatic carbocycles. The third-order valence-corrected chi connectivity index (χ3v) is 3.81. The van der Waals surface area contributed by atoms with Gasteiger partial charge in [0, 0.05) is 11.5 Å². The zero-order chi connectivity index (χ0) is 16.7. The van der Waals surface area contributed by atoms with E-state index in [2.05, 4.69) is 20.3 Å². The lowest BCUT2D eigenvalue weighted by atomic mass is 10.2. The Morgan fingerprint density at radius 1 is 1.21 bits per heavy atom. The summed E-state index contributed by atoms with van der Waals surface area (Å²) in [4.78, 5) is 17.6. The van der Waals surface area contributed by atoms with E-state index in [9.17, 15) is 4.79 Å². The second kappa shape index (κ2) is 5.41. The zero-order valence-electron chi connectivity index (χ0n) is 13.2. The number of hydrogen-bond acceptors (Lipinski definition) is 6. The van der Waals surface area contributed by atoms with Crippen LogP contribution in [0.4, 0.5) is 0 Å². The number of rotatable bonds is 3. The minimum Gasteiger partial charge on any atom is -0.421 e. The Morgan fingerprint density at radius 3 is 2.79 bits per heavy atom. The molecule has 24 heavy (non-hydrogen) atoms. The summed E-state index contributed by atoms with van der Waals surface area (Å²) in [6, 6.07) is 7.21. The molecule has 1 aromatic carbocycles. The van der Waals surface area contributed by atoms with Gasteiger partial charge in [0.2, 0.25) is 0 Å². The predicted octanol–water partition coefficient (Wildman–Crippen LogP) is 1.83. The van der Waals surface area contributed by atoms with Crippen LogP contribution in [0.1, 0.15) is 18.3 Å². The van der Waals surface area contributed by atoms with Crippen LogP contribution in [0.5, 0.6) is 0 Å². The van der Waals surface area contributed by atoms with Gasteiger partial charge in [-0.25, -0.2) is 14.5 Å². The molecule has 4 aromatic rings. The summed E-state index contributed by atoms with van der Waals surface area (Å²) >= 11 is 0. The lowest BCUT2D eigenvalue weighted by Gasteiger charge is -2.04. The minimum absolute atomic E-state index is 0.314. The van der Waals surface area contributed by atoms with Gasteiger partial charge >= 0.3 is 5.63 Å². The summed E-state index contributed by atoms with van der Waals surface area (Å²) in [7, 11) is 0. The highest BCUT2D eigenvalue weighted by molar-refractivity contribution is 5.80. The van der Waals surface area contributed by atoms with Crippen LogP contribution in [-0.2, 0) is 6.42 Å². The molecule has 0 spiro atoms. The number of aryl methyl sites for hydroxylation is 2. The topological polar surface area (TPSA) is 91.6 Å². The van der Waals surface area contributed by atoms with Crippen molar-refractivity contribution in [1.82, 2.24) is 29.8 Å². The molecule has 0 atom stereocenters. The molecule has 8 nitrogen and oxygen atoms in total. The van der Waals surface area contributed by atoms with Crippen molar-refractivity contribution in [1.29, 1.82) is 0 Å². The fourth-order valence-electron chi connectivity index (χ4n) is 2.56. The third-order valence-electron chi connectivity index (χ3n) is 3.81. The van der Waals surface area contributed by atoms with E-state index < -0.39 is 5.63 Å². The average Bonchev–Trinajstić information content (AvgIpc) is 3.23. The summed E-state index contributed by atoms with van der Waals surface area (Å²) in [6.07, 6.45) is 3.63. The quantitative estimate of drug-likeness (QED) is 0.534. The van der Waals surface area contributed by atoms with Crippen LogP contribution < -0.4 is 5.63 Å². The first-order valence-electron chi connectivity index (χ1n) is 7.52. The van der Waals surface area contributed by atoms with Gasteiger partial charge in [0.05, 0.1) is 17.1 Å². The molecule has 0 aliphatic rings. The van der Waals surface area contributed by atoms with Crippen LogP contribution in [0.3, 0.4) is 0 Å². The fourth-order valence-corrected chi connectivity index (χ4v) is 2.56. The van der Waals surface area contributed by atoms with Crippen molar-refractivity contribution in [2.45, 2.75) is 20.3 Å². The molecule has 0 bridgehead atoms. The van der Waals surface area contributed by atoms with Crippen LogP contribution in [-0.4, -0.2) is 29.8 Å². The molecule has 3 heterocycles. The normalized spacial score (nSPS) is 11.2. The molecule has 0 amide bonds. The van der Waals surface area contributed by atoms with Crippen LogP contribution >= 0.6 is 0 Å². The van der Waals surface area contributed by atoms with Crippen LogP contribution in [0, 0.1) is 6.92 Å². The van der Waals surface area contributed by atoms with Crippen LogP contribution in [0.15, 0.2) is 46.1 Å². The first-order valence-corrected chi connectivity index (χ1v) is 7.52. The van der Waals surface area contributed by atoms with E-state index in [1.807, 2.05) is 26.0 Å². The molecule has 8 heteroatoms. The van der Waals surface area contributed by atoms with Gasteiger partial charge in [-0.05, 0) is 31.5 Å². The first kappa shape index (κ1) is 14.3. The van der Waals surface area contributed by atoms with Gasteiger partial charge in [0.1, 0.15) is 18.2 Å². The molecule has 0 radical (unpaired) electrons. The molecule has 120 valence electrons. The third kappa shape index (κ3) is 2.28. The first-order chi connectivity index (χ1) is 11.7. The maximum atomic E-state index is 12.2.